The van der Waals surface area contributed by atoms with E-state index in [9.17, 15) is 0 Å². The molecule has 0 aliphatic carbocycles. The molecule has 1 fully saturated rings. The molecule has 2 aromatic rings. The Bertz CT molecular complexity index is 651. The van der Waals surface area contributed by atoms with E-state index < -0.39 is 0 Å². The van der Waals surface area contributed by atoms with Gasteiger partial charge in [-0.2, -0.15) is 0 Å². The molecule has 22 heavy (non-hydrogen) atoms. The number of hydrogen-bond donors (Lipinski definition) is 1. The fourth-order valence-electron chi connectivity index (χ4n) is 2.89. The normalized spacial score (nSPS) is 18.0. The predicted octanol–water partition coefficient (Wildman–Crippen LogP) is 2.47. The smallest absolute Gasteiger partial charge is 0.162 e. The number of hydrogen-bond acceptors (Lipinski definition) is 5. The second-order valence-electron chi connectivity index (χ2n) is 5.36. The van der Waals surface area contributed by atoms with Crippen molar-refractivity contribution >= 4 is 29.0 Å². The first-order valence-electron chi connectivity index (χ1n) is 7.22. The van der Waals surface area contributed by atoms with E-state index in [0.717, 1.165) is 36.3 Å². The maximum atomic E-state index is 5.42. The van der Waals surface area contributed by atoms with Crippen molar-refractivity contribution in [1.82, 2.24) is 10.3 Å². The van der Waals surface area contributed by atoms with Crippen molar-refractivity contribution < 1.29 is 9.47 Å². The van der Waals surface area contributed by atoms with Gasteiger partial charge in [-0.05, 0) is 19.1 Å². The SMILES string of the molecule is COc1cc2nccc(N3CCNC(C)C3)c2cc1OC.Cl. The van der Waals surface area contributed by atoms with Crippen LogP contribution in [0.4, 0.5) is 5.69 Å². The molecule has 1 aliphatic heterocycles. The van der Waals surface area contributed by atoms with Gasteiger partial charge in [0.15, 0.2) is 11.5 Å². The lowest BCUT2D eigenvalue weighted by Crippen LogP contribution is -2.49. The van der Waals surface area contributed by atoms with Gasteiger partial charge in [-0.25, -0.2) is 0 Å². The van der Waals surface area contributed by atoms with Gasteiger partial charge in [-0.15, -0.1) is 12.4 Å². The third-order valence-electron chi connectivity index (χ3n) is 3.93. The Labute approximate surface area is 137 Å². The van der Waals surface area contributed by atoms with E-state index in [1.807, 2.05) is 18.3 Å². The van der Waals surface area contributed by atoms with Gasteiger partial charge in [0.05, 0.1) is 19.7 Å². The molecule has 0 spiro atoms. The molecule has 5 nitrogen and oxygen atoms in total. The summed E-state index contributed by atoms with van der Waals surface area (Å²) in [6.45, 7) is 5.20. The van der Waals surface area contributed by atoms with Crippen LogP contribution in [0.15, 0.2) is 24.4 Å². The standard InChI is InChI=1S/C16H21N3O2.ClH/c1-11-10-19(7-6-17-11)14-4-5-18-13-9-16(21-3)15(20-2)8-12(13)14;/h4-5,8-9,11,17H,6-7,10H2,1-3H3;1H. The van der Waals surface area contributed by atoms with Crippen molar-refractivity contribution in [2.45, 2.75) is 13.0 Å². The Morgan fingerprint density at radius 2 is 1.95 bits per heavy atom. The fourth-order valence-corrected chi connectivity index (χ4v) is 2.89. The Balaban J connectivity index is 0.00000176. The predicted molar refractivity (Wildman–Crippen MR) is 91.8 cm³/mol. The maximum absolute atomic E-state index is 5.42. The van der Waals surface area contributed by atoms with Crippen molar-refractivity contribution in [2.24, 2.45) is 0 Å². The van der Waals surface area contributed by atoms with Crippen molar-refractivity contribution in [3.8, 4) is 11.5 Å². The summed E-state index contributed by atoms with van der Waals surface area (Å²) in [5.74, 6) is 1.45. The van der Waals surface area contributed by atoms with Gasteiger partial charge in [-0.3, -0.25) is 4.98 Å². The number of piperazine rings is 1. The minimum absolute atomic E-state index is 0. The molecule has 3 rings (SSSR count). The van der Waals surface area contributed by atoms with Crippen LogP contribution >= 0.6 is 12.4 Å². The summed E-state index contributed by atoms with van der Waals surface area (Å²) in [6.07, 6.45) is 1.86. The van der Waals surface area contributed by atoms with Crippen molar-refractivity contribution in [1.29, 1.82) is 0 Å². The number of nitrogens with zero attached hydrogens (tertiary/aromatic N) is 2. The van der Waals surface area contributed by atoms with E-state index in [2.05, 4.69) is 28.2 Å². The van der Waals surface area contributed by atoms with Crippen LogP contribution in [0.1, 0.15) is 6.92 Å². The van der Waals surface area contributed by atoms with E-state index in [4.69, 9.17) is 9.47 Å². The van der Waals surface area contributed by atoms with Crippen LogP contribution in [0, 0.1) is 0 Å². The number of ether oxygens (including phenoxy) is 2. The molecule has 6 heteroatoms. The Morgan fingerprint density at radius 3 is 2.64 bits per heavy atom. The van der Waals surface area contributed by atoms with Gasteiger partial charge < -0.3 is 19.7 Å². The zero-order chi connectivity index (χ0) is 14.8. The highest BCUT2D eigenvalue weighted by Crippen LogP contribution is 2.35. The topological polar surface area (TPSA) is 46.6 Å². The molecule has 1 N–H and O–H groups in total. The first kappa shape index (κ1) is 16.6. The quantitative estimate of drug-likeness (QED) is 0.940. The summed E-state index contributed by atoms with van der Waals surface area (Å²) in [6, 6.07) is 6.51. The number of aromatic nitrogens is 1. The summed E-state index contributed by atoms with van der Waals surface area (Å²) in [4.78, 5) is 6.86. The van der Waals surface area contributed by atoms with Gasteiger partial charge in [0.2, 0.25) is 0 Å². The zero-order valence-electron chi connectivity index (χ0n) is 13.1. The molecular formula is C16H22ClN3O2. The van der Waals surface area contributed by atoms with Crippen LogP contribution in [0.5, 0.6) is 11.5 Å². The zero-order valence-corrected chi connectivity index (χ0v) is 13.9. The van der Waals surface area contributed by atoms with Gasteiger partial charge in [-0.1, -0.05) is 0 Å². The number of nitrogens with one attached hydrogen (secondary N) is 1. The molecule has 0 amide bonds. The maximum Gasteiger partial charge on any atom is 0.162 e. The Kier molecular flexibility index (Phi) is 5.32. The van der Waals surface area contributed by atoms with Crippen LogP contribution in [0.25, 0.3) is 10.9 Å². The molecule has 2 heterocycles. The lowest BCUT2D eigenvalue weighted by molar-refractivity contribution is 0.356. The first-order chi connectivity index (χ1) is 10.2. The van der Waals surface area contributed by atoms with Crippen LogP contribution in [-0.4, -0.2) is 44.9 Å². The summed E-state index contributed by atoms with van der Waals surface area (Å²) in [5, 5.41) is 4.57. The summed E-state index contributed by atoms with van der Waals surface area (Å²) >= 11 is 0. The molecule has 1 aromatic heterocycles. The first-order valence-corrected chi connectivity index (χ1v) is 7.22. The average Bonchev–Trinajstić information content (AvgIpc) is 2.52. The average molecular weight is 324 g/mol. The van der Waals surface area contributed by atoms with Gasteiger partial charge in [0, 0.05) is 49.0 Å². The third-order valence-corrected chi connectivity index (χ3v) is 3.93. The number of rotatable bonds is 3. The van der Waals surface area contributed by atoms with Crippen LogP contribution in [0.3, 0.4) is 0 Å². The molecule has 120 valence electrons. The van der Waals surface area contributed by atoms with Crippen LogP contribution in [0.2, 0.25) is 0 Å². The summed E-state index contributed by atoms with van der Waals surface area (Å²) in [5.41, 5.74) is 2.13. The fraction of sp³-hybridized carbons (Fsp3) is 0.438. The number of anilines is 1. The molecule has 1 unspecified atom stereocenters. The minimum Gasteiger partial charge on any atom is -0.493 e. The number of pyridine rings is 1. The van der Waals surface area contributed by atoms with Gasteiger partial charge in [0.1, 0.15) is 0 Å². The Hall–Kier alpha value is -1.72. The van der Waals surface area contributed by atoms with Crippen molar-refractivity contribution in [2.75, 3.05) is 38.8 Å². The van der Waals surface area contributed by atoms with Crippen molar-refractivity contribution in [3.05, 3.63) is 24.4 Å². The molecule has 0 bridgehead atoms. The van der Waals surface area contributed by atoms with E-state index in [-0.39, 0.29) is 12.4 Å². The number of benzene rings is 1. The molecule has 1 aliphatic rings. The van der Waals surface area contributed by atoms with E-state index in [0.29, 0.717) is 11.8 Å². The monoisotopic (exact) mass is 323 g/mol. The number of methoxy groups -OCH3 is 2. The largest absolute Gasteiger partial charge is 0.493 e. The number of halogens is 1. The summed E-state index contributed by atoms with van der Waals surface area (Å²) < 4.78 is 10.8. The highest BCUT2D eigenvalue weighted by Gasteiger charge is 2.19. The third kappa shape index (κ3) is 3.05. The van der Waals surface area contributed by atoms with E-state index in [1.165, 1.54) is 5.69 Å². The van der Waals surface area contributed by atoms with Crippen LogP contribution < -0.4 is 19.7 Å². The molecule has 0 saturated carbocycles. The molecule has 1 atom stereocenters. The minimum atomic E-state index is 0. The van der Waals surface area contributed by atoms with E-state index in [1.54, 1.807) is 14.2 Å². The lowest BCUT2D eigenvalue weighted by Gasteiger charge is -2.34. The second kappa shape index (κ2) is 7.03. The van der Waals surface area contributed by atoms with Gasteiger partial charge in [0.25, 0.3) is 0 Å². The van der Waals surface area contributed by atoms with Gasteiger partial charge >= 0.3 is 0 Å². The molecule has 0 radical (unpaired) electrons. The lowest BCUT2D eigenvalue weighted by atomic mass is 10.1. The molecular weight excluding hydrogens is 302 g/mol. The van der Waals surface area contributed by atoms with Crippen LogP contribution in [-0.2, 0) is 0 Å². The molecule has 1 aromatic carbocycles. The molecule has 1 saturated heterocycles. The summed E-state index contributed by atoms with van der Waals surface area (Å²) in [7, 11) is 3.30. The van der Waals surface area contributed by atoms with Crippen molar-refractivity contribution in [3.63, 3.8) is 0 Å². The highest BCUT2D eigenvalue weighted by molar-refractivity contribution is 5.94. The highest BCUT2D eigenvalue weighted by atomic mass is 35.5. The van der Waals surface area contributed by atoms with E-state index >= 15 is 0 Å². The Morgan fingerprint density at radius 1 is 1.23 bits per heavy atom. The number of fused-ring (bicyclic) bond motifs is 1. The second-order valence-corrected chi connectivity index (χ2v) is 5.36.